The molecule has 2 aromatic carbocycles. The largest absolute Gasteiger partial charge is 0.493 e. The number of methoxy groups -OCH3 is 2. The molecule has 0 aliphatic heterocycles. The number of nitrogens with one attached hydrogen (secondary N) is 2. The highest BCUT2D eigenvalue weighted by molar-refractivity contribution is 5.79. The number of oxazole rings is 1. The number of aromatic nitrogens is 1. The van der Waals surface area contributed by atoms with Crippen LogP contribution in [0.1, 0.15) is 18.2 Å². The van der Waals surface area contributed by atoms with Gasteiger partial charge in [-0.05, 0) is 25.1 Å². The molecule has 0 fully saturated rings. The molecule has 0 aliphatic rings. The van der Waals surface area contributed by atoms with Crippen LogP contribution >= 0.6 is 0 Å². The topological polar surface area (TPSA) is 80.9 Å². The zero-order valence-electron chi connectivity index (χ0n) is 16.9. The van der Waals surface area contributed by atoms with Crippen molar-refractivity contribution in [3.63, 3.8) is 0 Å². The van der Waals surface area contributed by atoms with E-state index in [1.165, 1.54) is 0 Å². The molecule has 3 rings (SSSR count). The summed E-state index contributed by atoms with van der Waals surface area (Å²) in [6, 6.07) is 15.6. The number of guanidine groups is 1. The normalized spacial score (nSPS) is 11.2. The van der Waals surface area contributed by atoms with Gasteiger partial charge in [0.15, 0.2) is 17.5 Å². The van der Waals surface area contributed by atoms with Gasteiger partial charge in [0.25, 0.3) is 0 Å². The van der Waals surface area contributed by atoms with Crippen LogP contribution in [0.25, 0.3) is 11.5 Å². The smallest absolute Gasteiger partial charge is 0.226 e. The van der Waals surface area contributed by atoms with Crippen LogP contribution in [0.15, 0.2) is 64.2 Å². The molecule has 1 aromatic heterocycles. The molecular weight excluding hydrogens is 368 g/mol. The van der Waals surface area contributed by atoms with Gasteiger partial charge in [-0.3, -0.25) is 0 Å². The fourth-order valence-corrected chi connectivity index (χ4v) is 2.86. The van der Waals surface area contributed by atoms with E-state index in [-0.39, 0.29) is 0 Å². The summed E-state index contributed by atoms with van der Waals surface area (Å²) >= 11 is 0. The maximum Gasteiger partial charge on any atom is 0.226 e. The molecule has 2 N–H and O–H groups in total. The van der Waals surface area contributed by atoms with E-state index in [4.69, 9.17) is 13.9 Å². The number of nitrogens with zero attached hydrogens (tertiary/aromatic N) is 2. The minimum atomic E-state index is 0.448. The van der Waals surface area contributed by atoms with Gasteiger partial charge in [-0.15, -0.1) is 0 Å². The van der Waals surface area contributed by atoms with Crippen LogP contribution in [0.3, 0.4) is 0 Å². The van der Waals surface area contributed by atoms with E-state index in [0.29, 0.717) is 36.4 Å². The predicted octanol–water partition coefficient (Wildman–Crippen LogP) is 3.61. The number of rotatable bonds is 8. The number of para-hydroxylation sites is 1. The Labute approximate surface area is 170 Å². The highest BCUT2D eigenvalue weighted by atomic mass is 16.5. The molecule has 0 unspecified atom stereocenters. The van der Waals surface area contributed by atoms with Crippen molar-refractivity contribution >= 4 is 5.96 Å². The van der Waals surface area contributed by atoms with Gasteiger partial charge >= 0.3 is 0 Å². The summed E-state index contributed by atoms with van der Waals surface area (Å²) in [7, 11) is 3.25. The second kappa shape index (κ2) is 10.2. The molecule has 0 atom stereocenters. The average molecular weight is 394 g/mol. The van der Waals surface area contributed by atoms with Gasteiger partial charge in [-0.1, -0.05) is 30.3 Å². The molecule has 152 valence electrons. The van der Waals surface area contributed by atoms with Crippen molar-refractivity contribution in [3.8, 4) is 23.0 Å². The lowest BCUT2D eigenvalue weighted by atomic mass is 10.2. The summed E-state index contributed by atoms with van der Waals surface area (Å²) in [5, 5.41) is 6.52. The van der Waals surface area contributed by atoms with Crippen LogP contribution in [-0.2, 0) is 13.1 Å². The minimum absolute atomic E-state index is 0.448. The molecule has 0 saturated carbocycles. The van der Waals surface area contributed by atoms with Gasteiger partial charge in [-0.25, -0.2) is 9.98 Å². The molecule has 0 aliphatic carbocycles. The number of aliphatic imine (C=N–C) groups is 1. The monoisotopic (exact) mass is 394 g/mol. The Hall–Kier alpha value is -3.48. The Morgan fingerprint density at radius 2 is 1.86 bits per heavy atom. The Morgan fingerprint density at radius 1 is 1.03 bits per heavy atom. The first-order valence-electron chi connectivity index (χ1n) is 9.47. The molecule has 1 heterocycles. The lowest BCUT2D eigenvalue weighted by Gasteiger charge is -2.13. The van der Waals surface area contributed by atoms with Crippen LogP contribution < -0.4 is 20.1 Å². The fourth-order valence-electron chi connectivity index (χ4n) is 2.86. The maximum absolute atomic E-state index is 5.59. The molecule has 0 radical (unpaired) electrons. The van der Waals surface area contributed by atoms with Gasteiger partial charge < -0.3 is 24.5 Å². The first-order chi connectivity index (χ1) is 14.2. The second-order valence-electron chi connectivity index (χ2n) is 6.21. The maximum atomic E-state index is 5.59. The van der Waals surface area contributed by atoms with Gasteiger partial charge in [0.05, 0.1) is 33.0 Å². The third kappa shape index (κ3) is 5.28. The van der Waals surface area contributed by atoms with E-state index in [2.05, 4.69) is 20.6 Å². The van der Waals surface area contributed by atoms with Crippen LogP contribution in [-0.4, -0.2) is 31.7 Å². The molecule has 0 amide bonds. The highest BCUT2D eigenvalue weighted by Crippen LogP contribution is 2.31. The van der Waals surface area contributed by atoms with Crippen molar-refractivity contribution in [2.24, 2.45) is 4.99 Å². The number of hydrogen-bond donors (Lipinski definition) is 2. The summed E-state index contributed by atoms with van der Waals surface area (Å²) in [4.78, 5) is 9.18. The fraction of sp³-hybridized carbons (Fsp3) is 0.273. The van der Waals surface area contributed by atoms with Crippen molar-refractivity contribution in [2.75, 3.05) is 20.8 Å². The van der Waals surface area contributed by atoms with Crippen LogP contribution in [0.4, 0.5) is 0 Å². The second-order valence-corrected chi connectivity index (χ2v) is 6.21. The van der Waals surface area contributed by atoms with Gasteiger partial charge in [0.2, 0.25) is 5.89 Å². The molecule has 7 nitrogen and oxygen atoms in total. The lowest BCUT2D eigenvalue weighted by molar-refractivity contribution is 0.352. The predicted molar refractivity (Wildman–Crippen MR) is 113 cm³/mol. The molecular formula is C22H26N4O3. The summed E-state index contributed by atoms with van der Waals surface area (Å²) in [5.41, 5.74) is 2.69. The van der Waals surface area contributed by atoms with Crippen molar-refractivity contribution < 1.29 is 13.9 Å². The molecule has 0 spiro atoms. The summed E-state index contributed by atoms with van der Waals surface area (Å²) in [6.07, 6.45) is 1.66. The summed E-state index contributed by atoms with van der Waals surface area (Å²) in [5.74, 6) is 2.67. The summed E-state index contributed by atoms with van der Waals surface area (Å²) < 4.78 is 16.4. The van der Waals surface area contributed by atoms with Gasteiger partial charge in [-0.2, -0.15) is 0 Å². The van der Waals surface area contributed by atoms with Crippen molar-refractivity contribution in [1.29, 1.82) is 0 Å². The quantitative estimate of drug-likeness (QED) is 0.449. The summed E-state index contributed by atoms with van der Waals surface area (Å²) in [6.45, 7) is 3.71. The minimum Gasteiger partial charge on any atom is -0.493 e. The SMILES string of the molecule is CCNC(=NCc1cccc(OC)c1OC)NCc1coc(-c2ccccc2)n1. The van der Waals surface area contributed by atoms with Crippen molar-refractivity contribution in [3.05, 3.63) is 66.1 Å². The van der Waals surface area contributed by atoms with Crippen molar-refractivity contribution in [2.45, 2.75) is 20.0 Å². The Kier molecular flexibility index (Phi) is 7.10. The van der Waals surface area contributed by atoms with Crippen LogP contribution in [0, 0.1) is 0 Å². The van der Waals surface area contributed by atoms with E-state index in [1.54, 1.807) is 20.5 Å². The molecule has 0 bridgehead atoms. The number of benzene rings is 2. The van der Waals surface area contributed by atoms with Crippen LogP contribution in [0.2, 0.25) is 0 Å². The molecule has 7 heteroatoms. The first kappa shape index (κ1) is 20.3. The zero-order valence-corrected chi connectivity index (χ0v) is 16.9. The molecule has 0 saturated heterocycles. The van der Waals surface area contributed by atoms with E-state index in [0.717, 1.165) is 23.4 Å². The first-order valence-corrected chi connectivity index (χ1v) is 9.47. The molecule has 3 aromatic rings. The van der Waals surface area contributed by atoms with Crippen LogP contribution in [0.5, 0.6) is 11.5 Å². The zero-order chi connectivity index (χ0) is 20.5. The van der Waals surface area contributed by atoms with E-state index in [1.807, 2.05) is 55.5 Å². The van der Waals surface area contributed by atoms with Crippen molar-refractivity contribution in [1.82, 2.24) is 15.6 Å². The van der Waals surface area contributed by atoms with E-state index < -0.39 is 0 Å². The Morgan fingerprint density at radius 3 is 2.59 bits per heavy atom. The van der Waals surface area contributed by atoms with Gasteiger partial charge in [0.1, 0.15) is 6.26 Å². The van der Waals surface area contributed by atoms with E-state index in [9.17, 15) is 0 Å². The van der Waals surface area contributed by atoms with Gasteiger partial charge in [0, 0.05) is 17.7 Å². The highest BCUT2D eigenvalue weighted by Gasteiger charge is 2.10. The third-order valence-electron chi connectivity index (χ3n) is 4.25. The average Bonchev–Trinajstić information content (AvgIpc) is 3.25. The molecule has 29 heavy (non-hydrogen) atoms. The standard InChI is InChI=1S/C22H26N4O3/c1-4-23-22(24-13-17-11-8-12-19(27-2)20(17)28-3)25-14-18-15-29-21(26-18)16-9-6-5-7-10-16/h5-12,15H,4,13-14H2,1-3H3,(H2,23,24,25). The van der Waals surface area contributed by atoms with E-state index >= 15 is 0 Å². The number of hydrogen-bond acceptors (Lipinski definition) is 5. The number of ether oxygens (including phenoxy) is 2. The lowest BCUT2D eigenvalue weighted by Crippen LogP contribution is -2.36. The Balaban J connectivity index is 1.67. The Bertz CT molecular complexity index is 938. The third-order valence-corrected chi connectivity index (χ3v) is 4.25.